The van der Waals surface area contributed by atoms with Gasteiger partial charge in [-0.25, -0.2) is 0 Å². The predicted molar refractivity (Wildman–Crippen MR) is 83.5 cm³/mol. The summed E-state index contributed by atoms with van der Waals surface area (Å²) < 4.78 is 0. The molecule has 0 aromatic heterocycles. The van der Waals surface area contributed by atoms with E-state index in [1.165, 1.54) is 51.5 Å². The van der Waals surface area contributed by atoms with Crippen molar-refractivity contribution in [1.29, 1.82) is 0 Å². The number of nitrogens with zero attached hydrogens (tertiary/aromatic N) is 1. The average molecular weight is 266 g/mol. The quantitative estimate of drug-likeness (QED) is 0.754. The first-order valence-electron chi connectivity index (χ1n) is 8.66. The van der Waals surface area contributed by atoms with Gasteiger partial charge in [-0.3, -0.25) is 4.90 Å². The van der Waals surface area contributed by atoms with Gasteiger partial charge in [0.25, 0.3) is 0 Å². The second-order valence-electron chi connectivity index (χ2n) is 7.05. The summed E-state index contributed by atoms with van der Waals surface area (Å²) in [4.78, 5) is 2.89. The van der Waals surface area contributed by atoms with Crippen LogP contribution in [0.1, 0.15) is 72.6 Å². The van der Waals surface area contributed by atoms with Crippen molar-refractivity contribution < 1.29 is 0 Å². The lowest BCUT2D eigenvalue weighted by molar-refractivity contribution is 0.0665. The van der Waals surface area contributed by atoms with Gasteiger partial charge in [-0.05, 0) is 57.9 Å². The molecule has 0 spiro atoms. The van der Waals surface area contributed by atoms with E-state index >= 15 is 0 Å². The molecule has 0 aromatic rings. The van der Waals surface area contributed by atoms with Gasteiger partial charge in [0.05, 0.1) is 0 Å². The van der Waals surface area contributed by atoms with E-state index < -0.39 is 0 Å². The van der Waals surface area contributed by atoms with Gasteiger partial charge in [-0.2, -0.15) is 0 Å². The zero-order valence-corrected chi connectivity index (χ0v) is 13.5. The maximum Gasteiger partial charge on any atom is 0.0116 e. The number of hydrogen-bond acceptors (Lipinski definition) is 2. The topological polar surface area (TPSA) is 15.3 Å². The summed E-state index contributed by atoms with van der Waals surface area (Å²) in [7, 11) is 0. The fourth-order valence-electron chi connectivity index (χ4n) is 4.32. The first-order chi connectivity index (χ1) is 9.15. The van der Waals surface area contributed by atoms with Crippen molar-refractivity contribution >= 4 is 0 Å². The smallest absolute Gasteiger partial charge is 0.0116 e. The second-order valence-corrected chi connectivity index (χ2v) is 7.05. The minimum Gasteiger partial charge on any atom is -0.314 e. The molecule has 2 nitrogen and oxygen atoms in total. The van der Waals surface area contributed by atoms with Crippen molar-refractivity contribution in [2.45, 2.75) is 96.8 Å². The standard InChI is InChI=1S/C17H34N2/c1-5-9-18-15-11-16-7-8-17(12-15)19(16)14(4)10-13(3)6-2/h13-18H,5-12H2,1-4H3. The van der Waals surface area contributed by atoms with Gasteiger partial charge < -0.3 is 5.32 Å². The molecule has 19 heavy (non-hydrogen) atoms. The Labute approximate surface area is 120 Å². The van der Waals surface area contributed by atoms with Crippen LogP contribution in [-0.4, -0.2) is 35.6 Å². The van der Waals surface area contributed by atoms with Crippen LogP contribution in [0.4, 0.5) is 0 Å². The largest absolute Gasteiger partial charge is 0.314 e. The van der Waals surface area contributed by atoms with E-state index in [-0.39, 0.29) is 0 Å². The van der Waals surface area contributed by atoms with E-state index in [1.54, 1.807) is 0 Å². The van der Waals surface area contributed by atoms with Gasteiger partial charge in [0.2, 0.25) is 0 Å². The summed E-state index contributed by atoms with van der Waals surface area (Å²) in [6, 6.07) is 3.32. The molecule has 2 fully saturated rings. The minimum atomic E-state index is 0.791. The molecule has 2 bridgehead atoms. The lowest BCUT2D eigenvalue weighted by Crippen LogP contribution is -2.52. The second kappa shape index (κ2) is 7.08. The van der Waals surface area contributed by atoms with E-state index in [0.29, 0.717) is 0 Å². The van der Waals surface area contributed by atoms with Gasteiger partial charge in [0.1, 0.15) is 0 Å². The van der Waals surface area contributed by atoms with Crippen LogP contribution in [0.15, 0.2) is 0 Å². The van der Waals surface area contributed by atoms with Gasteiger partial charge >= 0.3 is 0 Å². The molecule has 0 aromatic carbocycles. The molecule has 2 heterocycles. The molecule has 112 valence electrons. The van der Waals surface area contributed by atoms with Gasteiger partial charge in [0, 0.05) is 24.2 Å². The van der Waals surface area contributed by atoms with Crippen molar-refractivity contribution in [3.8, 4) is 0 Å². The first kappa shape index (κ1) is 15.3. The molecule has 1 N–H and O–H groups in total. The van der Waals surface area contributed by atoms with Crippen molar-refractivity contribution in [3.05, 3.63) is 0 Å². The van der Waals surface area contributed by atoms with E-state index in [0.717, 1.165) is 30.1 Å². The Morgan fingerprint density at radius 2 is 1.74 bits per heavy atom. The molecule has 4 unspecified atom stereocenters. The molecular weight excluding hydrogens is 232 g/mol. The number of rotatable bonds is 7. The van der Waals surface area contributed by atoms with Gasteiger partial charge in [-0.15, -0.1) is 0 Å². The average Bonchev–Trinajstić information content (AvgIpc) is 2.67. The van der Waals surface area contributed by atoms with Crippen LogP contribution < -0.4 is 5.32 Å². The van der Waals surface area contributed by atoms with Crippen LogP contribution >= 0.6 is 0 Å². The maximum absolute atomic E-state index is 3.76. The van der Waals surface area contributed by atoms with E-state index in [1.807, 2.05) is 0 Å². The first-order valence-corrected chi connectivity index (χ1v) is 8.66. The highest BCUT2D eigenvalue weighted by Gasteiger charge is 2.42. The summed E-state index contributed by atoms with van der Waals surface area (Å²) in [5.41, 5.74) is 0. The molecule has 4 atom stereocenters. The summed E-state index contributed by atoms with van der Waals surface area (Å²) in [6.07, 6.45) is 9.65. The van der Waals surface area contributed by atoms with Gasteiger partial charge in [-0.1, -0.05) is 27.2 Å². The monoisotopic (exact) mass is 266 g/mol. The van der Waals surface area contributed by atoms with E-state index in [9.17, 15) is 0 Å². The van der Waals surface area contributed by atoms with Crippen LogP contribution in [0.25, 0.3) is 0 Å². The highest BCUT2D eigenvalue weighted by molar-refractivity contribution is 4.99. The maximum atomic E-state index is 3.76. The number of hydrogen-bond donors (Lipinski definition) is 1. The SMILES string of the molecule is CCCNC1CC2CCC(C1)N2C(C)CC(C)CC. The summed E-state index contributed by atoms with van der Waals surface area (Å²) in [6.45, 7) is 10.7. The molecule has 2 heteroatoms. The summed E-state index contributed by atoms with van der Waals surface area (Å²) in [5.74, 6) is 0.880. The Kier molecular flexibility index (Phi) is 5.70. The lowest BCUT2D eigenvalue weighted by Gasteiger charge is -2.43. The molecule has 0 amide bonds. The molecule has 2 aliphatic rings. The fraction of sp³-hybridized carbons (Fsp3) is 1.00. The predicted octanol–water partition coefficient (Wildman–Crippen LogP) is 3.81. The van der Waals surface area contributed by atoms with Crippen LogP contribution in [0.2, 0.25) is 0 Å². The zero-order chi connectivity index (χ0) is 13.8. The highest BCUT2D eigenvalue weighted by atomic mass is 15.3. The van der Waals surface area contributed by atoms with Crippen molar-refractivity contribution in [2.24, 2.45) is 5.92 Å². The third-order valence-electron chi connectivity index (χ3n) is 5.42. The van der Waals surface area contributed by atoms with Gasteiger partial charge in [0.15, 0.2) is 0 Å². The lowest BCUT2D eigenvalue weighted by atomic mass is 9.92. The molecule has 2 rings (SSSR count). The van der Waals surface area contributed by atoms with E-state index in [2.05, 4.69) is 37.9 Å². The Hall–Kier alpha value is -0.0800. The number of fused-ring (bicyclic) bond motifs is 2. The van der Waals surface area contributed by atoms with E-state index in [4.69, 9.17) is 0 Å². The Bertz CT molecular complexity index is 252. The minimum absolute atomic E-state index is 0.791. The summed E-state index contributed by atoms with van der Waals surface area (Å²) >= 11 is 0. The van der Waals surface area contributed by atoms with Crippen LogP contribution in [-0.2, 0) is 0 Å². The van der Waals surface area contributed by atoms with Crippen molar-refractivity contribution in [1.82, 2.24) is 10.2 Å². The Morgan fingerprint density at radius 1 is 1.11 bits per heavy atom. The highest BCUT2D eigenvalue weighted by Crippen LogP contribution is 2.38. The normalized spacial score (nSPS) is 34.4. The fourth-order valence-corrected chi connectivity index (χ4v) is 4.32. The third kappa shape index (κ3) is 3.72. The van der Waals surface area contributed by atoms with Crippen molar-refractivity contribution in [2.75, 3.05) is 6.54 Å². The molecule has 0 radical (unpaired) electrons. The van der Waals surface area contributed by atoms with Crippen LogP contribution in [0.3, 0.4) is 0 Å². The Balaban J connectivity index is 1.87. The van der Waals surface area contributed by atoms with Crippen LogP contribution in [0.5, 0.6) is 0 Å². The van der Waals surface area contributed by atoms with Crippen LogP contribution in [0, 0.1) is 5.92 Å². The molecule has 0 aliphatic carbocycles. The number of nitrogens with one attached hydrogen (secondary N) is 1. The number of piperidine rings is 1. The molecule has 0 saturated carbocycles. The molecule has 2 aliphatic heterocycles. The van der Waals surface area contributed by atoms with Crippen molar-refractivity contribution in [3.63, 3.8) is 0 Å². The third-order valence-corrected chi connectivity index (χ3v) is 5.42. The molecular formula is C17H34N2. The summed E-state index contributed by atoms with van der Waals surface area (Å²) in [5, 5.41) is 3.76. The molecule has 2 saturated heterocycles. The Morgan fingerprint density at radius 3 is 2.26 bits per heavy atom. The zero-order valence-electron chi connectivity index (χ0n) is 13.5.